The van der Waals surface area contributed by atoms with Crippen molar-refractivity contribution in [1.29, 1.82) is 0 Å². The van der Waals surface area contributed by atoms with Crippen LogP contribution in [-0.4, -0.2) is 17.5 Å². The molecule has 0 atom stereocenters. The van der Waals surface area contributed by atoms with Crippen LogP contribution in [0.2, 0.25) is 0 Å². The van der Waals surface area contributed by atoms with Crippen molar-refractivity contribution >= 4 is 15.9 Å². The lowest BCUT2D eigenvalue weighted by atomic mass is 9.68. The van der Waals surface area contributed by atoms with E-state index in [0.29, 0.717) is 5.41 Å². The normalized spacial score (nSPS) is 49.6. The fourth-order valence-electron chi connectivity index (χ4n) is 2.10. The second-order valence-electron chi connectivity index (χ2n) is 4.37. The molecular weight excluding hydrogens is 204 g/mol. The molecule has 3 rings (SSSR count). The van der Waals surface area contributed by atoms with Crippen LogP contribution in [0.5, 0.6) is 0 Å². The Bertz CT molecular complexity index is 142. The molecule has 1 aliphatic carbocycles. The fourth-order valence-corrected chi connectivity index (χ4v) is 2.82. The lowest BCUT2D eigenvalue weighted by Crippen LogP contribution is -2.50. The van der Waals surface area contributed by atoms with Crippen LogP contribution in [0.15, 0.2) is 0 Å². The Balaban J connectivity index is 2.12. The Hall–Kier alpha value is 0.440. The molecule has 2 heteroatoms. The van der Waals surface area contributed by atoms with E-state index in [2.05, 4.69) is 22.9 Å². The van der Waals surface area contributed by atoms with Gasteiger partial charge in [0.25, 0.3) is 0 Å². The van der Waals surface area contributed by atoms with E-state index in [9.17, 15) is 0 Å². The Morgan fingerprint density at radius 3 is 2.27 bits per heavy atom. The highest BCUT2D eigenvalue weighted by atomic mass is 79.9. The molecule has 2 saturated heterocycles. The van der Waals surface area contributed by atoms with Gasteiger partial charge in [-0.1, -0.05) is 15.9 Å². The fraction of sp³-hybridized carbons (Fsp3) is 1.00. The van der Waals surface area contributed by atoms with E-state index in [-0.39, 0.29) is 5.60 Å². The van der Waals surface area contributed by atoms with Gasteiger partial charge in [-0.2, -0.15) is 0 Å². The molecule has 11 heavy (non-hydrogen) atoms. The van der Waals surface area contributed by atoms with E-state index in [1.165, 1.54) is 25.7 Å². The maximum atomic E-state index is 5.83. The molecule has 3 aliphatic rings. The first-order valence-electron chi connectivity index (χ1n) is 4.38. The number of hydrogen-bond acceptors (Lipinski definition) is 1. The Labute approximate surface area is 76.6 Å². The predicted molar refractivity (Wildman–Crippen MR) is 49.1 cm³/mol. The van der Waals surface area contributed by atoms with Crippen molar-refractivity contribution in [3.05, 3.63) is 0 Å². The first-order valence-corrected chi connectivity index (χ1v) is 5.50. The van der Waals surface area contributed by atoms with Crippen LogP contribution in [0.4, 0.5) is 0 Å². The predicted octanol–water partition coefficient (Wildman–Crippen LogP) is 2.73. The zero-order valence-electron chi connectivity index (χ0n) is 7.03. The van der Waals surface area contributed by atoms with Gasteiger partial charge in [0.1, 0.15) is 0 Å². The minimum absolute atomic E-state index is 0.240. The van der Waals surface area contributed by atoms with Gasteiger partial charge in [-0.25, -0.2) is 0 Å². The molecule has 0 N–H and O–H groups in total. The van der Waals surface area contributed by atoms with Gasteiger partial charge >= 0.3 is 0 Å². The van der Waals surface area contributed by atoms with Gasteiger partial charge in [-0.3, -0.25) is 0 Å². The third-order valence-corrected chi connectivity index (χ3v) is 4.57. The molecule has 2 aliphatic heterocycles. The van der Waals surface area contributed by atoms with Gasteiger partial charge in [0, 0.05) is 10.7 Å². The van der Waals surface area contributed by atoms with Gasteiger partial charge in [-0.05, 0) is 32.6 Å². The molecule has 0 spiro atoms. The molecule has 64 valence electrons. The molecule has 0 aromatic carbocycles. The largest absolute Gasteiger partial charge is 0.375 e. The summed E-state index contributed by atoms with van der Waals surface area (Å²) in [4.78, 5) is 0. The first-order chi connectivity index (χ1) is 5.18. The third kappa shape index (κ3) is 1.25. The van der Waals surface area contributed by atoms with Crippen molar-refractivity contribution in [3.63, 3.8) is 0 Å². The first kappa shape index (κ1) is 8.06. The van der Waals surface area contributed by atoms with Crippen LogP contribution in [0.1, 0.15) is 32.6 Å². The van der Waals surface area contributed by atoms with Crippen molar-refractivity contribution in [2.24, 2.45) is 5.41 Å². The summed E-state index contributed by atoms with van der Waals surface area (Å²) >= 11 is 3.59. The monoisotopic (exact) mass is 218 g/mol. The number of rotatable bonds is 1. The lowest BCUT2D eigenvalue weighted by Gasteiger charge is -2.51. The van der Waals surface area contributed by atoms with E-state index in [1.807, 2.05) is 0 Å². The van der Waals surface area contributed by atoms with Crippen molar-refractivity contribution in [3.8, 4) is 0 Å². The molecule has 2 heterocycles. The third-order valence-electron chi connectivity index (χ3n) is 3.38. The van der Waals surface area contributed by atoms with Gasteiger partial charge in [0.2, 0.25) is 0 Å². The van der Waals surface area contributed by atoms with Gasteiger partial charge < -0.3 is 4.74 Å². The zero-order chi connectivity index (χ0) is 7.95. The van der Waals surface area contributed by atoms with Gasteiger partial charge in [0.15, 0.2) is 0 Å². The average Bonchev–Trinajstić information content (AvgIpc) is 2.07. The van der Waals surface area contributed by atoms with Gasteiger partial charge in [-0.15, -0.1) is 0 Å². The summed E-state index contributed by atoms with van der Waals surface area (Å²) in [5, 5.41) is 1.12. The van der Waals surface area contributed by atoms with Crippen molar-refractivity contribution in [1.82, 2.24) is 0 Å². The summed E-state index contributed by atoms with van der Waals surface area (Å²) in [5.74, 6) is 0. The smallest absolute Gasteiger partial charge is 0.0655 e. The summed E-state index contributed by atoms with van der Waals surface area (Å²) in [7, 11) is 0. The van der Waals surface area contributed by atoms with Crippen LogP contribution in [0.3, 0.4) is 0 Å². The SMILES string of the molecule is CC12CCC(CBr)(CC1)CO2. The number of fused-ring (bicyclic) bond motifs is 3. The summed E-state index contributed by atoms with van der Waals surface area (Å²) in [6, 6.07) is 0. The second-order valence-corrected chi connectivity index (χ2v) is 4.93. The van der Waals surface area contributed by atoms with Crippen LogP contribution in [0, 0.1) is 5.41 Å². The molecule has 0 aromatic heterocycles. The number of ether oxygens (including phenoxy) is 1. The highest BCUT2D eigenvalue weighted by Crippen LogP contribution is 2.49. The van der Waals surface area contributed by atoms with Crippen molar-refractivity contribution in [2.45, 2.75) is 38.2 Å². The van der Waals surface area contributed by atoms with Crippen LogP contribution < -0.4 is 0 Å². The van der Waals surface area contributed by atoms with E-state index >= 15 is 0 Å². The zero-order valence-corrected chi connectivity index (χ0v) is 8.61. The molecule has 0 radical (unpaired) electrons. The van der Waals surface area contributed by atoms with E-state index in [4.69, 9.17) is 4.74 Å². The molecular formula is C9H15BrO. The summed E-state index contributed by atoms with van der Waals surface area (Å²) < 4.78 is 5.83. The highest BCUT2D eigenvalue weighted by molar-refractivity contribution is 9.09. The second kappa shape index (κ2) is 2.46. The molecule has 0 amide bonds. The lowest BCUT2D eigenvalue weighted by molar-refractivity contribution is -0.165. The topological polar surface area (TPSA) is 9.23 Å². The summed E-state index contributed by atoms with van der Waals surface area (Å²) in [6.07, 6.45) is 5.24. The average molecular weight is 219 g/mol. The molecule has 0 unspecified atom stereocenters. The van der Waals surface area contributed by atoms with Crippen LogP contribution in [-0.2, 0) is 4.74 Å². The number of hydrogen-bond donors (Lipinski definition) is 0. The quantitative estimate of drug-likeness (QED) is 0.616. The number of halogens is 1. The van der Waals surface area contributed by atoms with Gasteiger partial charge in [0.05, 0.1) is 12.2 Å². The minimum atomic E-state index is 0.240. The van der Waals surface area contributed by atoms with E-state index in [1.54, 1.807) is 0 Å². The van der Waals surface area contributed by atoms with Crippen molar-refractivity contribution in [2.75, 3.05) is 11.9 Å². The molecule has 1 nitrogen and oxygen atoms in total. The summed E-state index contributed by atoms with van der Waals surface area (Å²) in [6.45, 7) is 3.24. The molecule has 0 aromatic rings. The van der Waals surface area contributed by atoms with Crippen LogP contribution in [0.25, 0.3) is 0 Å². The summed E-state index contributed by atoms with van der Waals surface area (Å²) in [5.41, 5.74) is 0.738. The minimum Gasteiger partial charge on any atom is -0.375 e. The Morgan fingerprint density at radius 1 is 1.27 bits per heavy atom. The molecule has 1 saturated carbocycles. The van der Waals surface area contributed by atoms with Crippen molar-refractivity contribution < 1.29 is 4.74 Å². The standard InChI is InChI=1S/C9H15BrO/c1-8-2-4-9(6-10,5-3-8)7-11-8/h2-7H2,1H3. The number of alkyl halides is 1. The Kier molecular flexibility index (Phi) is 1.80. The molecule has 3 fully saturated rings. The van der Waals surface area contributed by atoms with E-state index < -0.39 is 0 Å². The Morgan fingerprint density at radius 2 is 1.91 bits per heavy atom. The van der Waals surface area contributed by atoms with Crippen LogP contribution >= 0.6 is 15.9 Å². The molecule has 2 bridgehead atoms. The maximum Gasteiger partial charge on any atom is 0.0655 e. The van der Waals surface area contributed by atoms with E-state index in [0.717, 1.165) is 11.9 Å². The highest BCUT2D eigenvalue weighted by Gasteiger charge is 2.46. The maximum absolute atomic E-state index is 5.83.